The van der Waals surface area contributed by atoms with E-state index >= 15 is 0 Å². The largest absolute Gasteiger partial charge is 0.377 e. The molecule has 1 atom stereocenters. The molecular formula is C10H14N2O2S. The lowest BCUT2D eigenvalue weighted by Gasteiger charge is -2.34. The van der Waals surface area contributed by atoms with Crippen LogP contribution in [-0.2, 0) is 4.74 Å². The SMILES string of the molecule is CC1COCCN1c1cccc(SO)n1. The van der Waals surface area contributed by atoms with E-state index in [2.05, 4.69) is 16.8 Å². The van der Waals surface area contributed by atoms with Gasteiger partial charge >= 0.3 is 0 Å². The van der Waals surface area contributed by atoms with Crippen LogP contribution in [0.1, 0.15) is 6.92 Å². The van der Waals surface area contributed by atoms with Gasteiger partial charge in [0.05, 0.1) is 19.3 Å². The van der Waals surface area contributed by atoms with Gasteiger partial charge in [-0.15, -0.1) is 0 Å². The van der Waals surface area contributed by atoms with Crippen molar-refractivity contribution in [3.05, 3.63) is 18.2 Å². The van der Waals surface area contributed by atoms with Crippen LogP contribution in [0.15, 0.2) is 23.2 Å². The minimum Gasteiger partial charge on any atom is -0.377 e. The molecule has 0 aromatic carbocycles. The maximum Gasteiger partial charge on any atom is 0.130 e. The zero-order chi connectivity index (χ0) is 10.7. The molecule has 15 heavy (non-hydrogen) atoms. The molecule has 1 aliphatic rings. The molecule has 2 rings (SSSR count). The molecule has 0 saturated carbocycles. The maximum atomic E-state index is 8.94. The van der Waals surface area contributed by atoms with Crippen molar-refractivity contribution < 1.29 is 9.29 Å². The maximum absolute atomic E-state index is 8.94. The fourth-order valence-electron chi connectivity index (χ4n) is 1.68. The van der Waals surface area contributed by atoms with Gasteiger partial charge in [0.25, 0.3) is 0 Å². The molecule has 0 bridgehead atoms. The van der Waals surface area contributed by atoms with E-state index < -0.39 is 0 Å². The Bertz CT molecular complexity index is 335. The minimum atomic E-state index is 0.338. The Hall–Kier alpha value is -0.780. The number of rotatable bonds is 2. The average Bonchev–Trinajstić information content (AvgIpc) is 2.30. The second kappa shape index (κ2) is 4.83. The second-order valence-corrected chi connectivity index (χ2v) is 4.14. The third kappa shape index (κ3) is 2.42. The molecular weight excluding hydrogens is 212 g/mol. The first kappa shape index (κ1) is 10.7. The molecule has 1 aromatic heterocycles. The Morgan fingerprint density at radius 2 is 2.47 bits per heavy atom. The van der Waals surface area contributed by atoms with Crippen LogP contribution in [0, 0.1) is 0 Å². The summed E-state index contributed by atoms with van der Waals surface area (Å²) in [6.07, 6.45) is 0. The molecule has 0 spiro atoms. The number of hydrogen-bond acceptors (Lipinski definition) is 5. The van der Waals surface area contributed by atoms with Gasteiger partial charge < -0.3 is 14.2 Å². The van der Waals surface area contributed by atoms with E-state index in [-0.39, 0.29) is 0 Å². The number of aromatic nitrogens is 1. The number of morpholine rings is 1. The highest BCUT2D eigenvalue weighted by Gasteiger charge is 2.20. The summed E-state index contributed by atoms with van der Waals surface area (Å²) < 4.78 is 14.3. The summed E-state index contributed by atoms with van der Waals surface area (Å²) in [6.45, 7) is 4.44. The van der Waals surface area contributed by atoms with E-state index in [1.165, 1.54) is 0 Å². The Morgan fingerprint density at radius 1 is 1.60 bits per heavy atom. The number of nitrogens with zero attached hydrogens (tertiary/aromatic N) is 2. The highest BCUT2D eigenvalue weighted by atomic mass is 32.2. The van der Waals surface area contributed by atoms with Crippen LogP contribution >= 0.6 is 12.0 Å². The van der Waals surface area contributed by atoms with Crippen LogP contribution in [0.2, 0.25) is 0 Å². The number of ether oxygens (including phenoxy) is 1. The van der Waals surface area contributed by atoms with Gasteiger partial charge in [0.15, 0.2) is 0 Å². The summed E-state index contributed by atoms with van der Waals surface area (Å²) in [4.78, 5) is 6.55. The fourth-order valence-corrected chi connectivity index (χ4v) is 1.96. The van der Waals surface area contributed by atoms with Crippen LogP contribution in [0.5, 0.6) is 0 Å². The summed E-state index contributed by atoms with van der Waals surface area (Å²) in [5.41, 5.74) is 0. The lowest BCUT2D eigenvalue weighted by Crippen LogP contribution is -2.44. The smallest absolute Gasteiger partial charge is 0.130 e. The minimum absolute atomic E-state index is 0.338. The van der Waals surface area contributed by atoms with Crippen LogP contribution in [0.3, 0.4) is 0 Å². The van der Waals surface area contributed by atoms with E-state index in [1.54, 1.807) is 6.07 Å². The van der Waals surface area contributed by atoms with Crippen molar-refractivity contribution in [2.75, 3.05) is 24.7 Å². The topological polar surface area (TPSA) is 45.6 Å². The van der Waals surface area contributed by atoms with E-state index in [1.807, 2.05) is 12.1 Å². The lowest BCUT2D eigenvalue weighted by atomic mass is 10.2. The quantitative estimate of drug-likeness (QED) is 0.780. The number of pyridine rings is 1. The van der Waals surface area contributed by atoms with E-state index in [4.69, 9.17) is 9.29 Å². The third-order valence-electron chi connectivity index (χ3n) is 2.46. The summed E-state index contributed by atoms with van der Waals surface area (Å²) in [5.74, 6) is 0.907. The van der Waals surface area contributed by atoms with Gasteiger partial charge in [0.1, 0.15) is 10.8 Å². The molecule has 0 amide bonds. The van der Waals surface area contributed by atoms with Crippen molar-refractivity contribution in [2.45, 2.75) is 18.0 Å². The van der Waals surface area contributed by atoms with E-state index in [0.29, 0.717) is 23.1 Å². The first-order chi connectivity index (χ1) is 7.31. The monoisotopic (exact) mass is 226 g/mol. The highest BCUT2D eigenvalue weighted by Crippen LogP contribution is 2.20. The Labute approximate surface area is 93.5 Å². The highest BCUT2D eigenvalue weighted by molar-refractivity contribution is 7.93. The van der Waals surface area contributed by atoms with Gasteiger partial charge in [-0.3, -0.25) is 0 Å². The third-order valence-corrected chi connectivity index (χ3v) is 2.88. The van der Waals surface area contributed by atoms with E-state index in [9.17, 15) is 0 Å². The van der Waals surface area contributed by atoms with Crippen molar-refractivity contribution in [1.82, 2.24) is 4.98 Å². The molecule has 1 saturated heterocycles. The number of anilines is 1. The van der Waals surface area contributed by atoms with Crippen LogP contribution < -0.4 is 4.90 Å². The summed E-state index contributed by atoms with van der Waals surface area (Å²) in [7, 11) is 0. The molecule has 2 heterocycles. The predicted octanol–water partition coefficient (Wildman–Crippen LogP) is 1.87. The van der Waals surface area contributed by atoms with Crippen molar-refractivity contribution in [3.63, 3.8) is 0 Å². The molecule has 0 radical (unpaired) electrons. The fraction of sp³-hybridized carbons (Fsp3) is 0.500. The molecule has 0 aliphatic carbocycles. The van der Waals surface area contributed by atoms with Crippen molar-refractivity contribution >= 4 is 17.9 Å². The van der Waals surface area contributed by atoms with Gasteiger partial charge in [0, 0.05) is 18.6 Å². The molecule has 1 fully saturated rings. The molecule has 1 N–H and O–H groups in total. The van der Waals surface area contributed by atoms with Crippen molar-refractivity contribution in [3.8, 4) is 0 Å². The number of hydrogen-bond donors (Lipinski definition) is 1. The van der Waals surface area contributed by atoms with Crippen LogP contribution in [-0.4, -0.2) is 35.3 Å². The molecule has 1 unspecified atom stereocenters. The Morgan fingerprint density at radius 3 is 3.20 bits per heavy atom. The van der Waals surface area contributed by atoms with E-state index in [0.717, 1.165) is 25.6 Å². The molecule has 82 valence electrons. The molecule has 5 heteroatoms. The van der Waals surface area contributed by atoms with Crippen LogP contribution in [0.4, 0.5) is 5.82 Å². The normalized spacial score (nSPS) is 21.7. The zero-order valence-electron chi connectivity index (χ0n) is 8.59. The summed E-state index contributed by atoms with van der Waals surface area (Å²) in [6, 6.07) is 5.99. The molecule has 1 aliphatic heterocycles. The van der Waals surface area contributed by atoms with Gasteiger partial charge in [-0.2, -0.15) is 0 Å². The standard InChI is InChI=1S/C10H14N2O2S/c1-8-7-14-6-5-12(8)9-3-2-4-10(11-9)15-13/h2-4,8,13H,5-7H2,1H3. The van der Waals surface area contributed by atoms with Gasteiger partial charge in [-0.05, 0) is 19.1 Å². The average molecular weight is 226 g/mol. The van der Waals surface area contributed by atoms with Gasteiger partial charge in [-0.25, -0.2) is 4.98 Å². The first-order valence-corrected chi connectivity index (χ1v) is 5.71. The Kier molecular flexibility index (Phi) is 3.45. The van der Waals surface area contributed by atoms with Crippen LogP contribution in [0.25, 0.3) is 0 Å². The van der Waals surface area contributed by atoms with Gasteiger partial charge in [-0.1, -0.05) is 6.07 Å². The van der Waals surface area contributed by atoms with Crippen molar-refractivity contribution in [1.29, 1.82) is 0 Å². The molecule has 1 aromatic rings. The predicted molar refractivity (Wildman–Crippen MR) is 60.3 cm³/mol. The molecule has 4 nitrogen and oxygen atoms in total. The first-order valence-electron chi connectivity index (χ1n) is 4.94. The van der Waals surface area contributed by atoms with Gasteiger partial charge in [0.2, 0.25) is 0 Å². The second-order valence-electron chi connectivity index (χ2n) is 3.54. The lowest BCUT2D eigenvalue weighted by molar-refractivity contribution is 0.0985. The Balaban J connectivity index is 2.19. The summed E-state index contributed by atoms with van der Waals surface area (Å²) in [5, 5.41) is 0.631. The zero-order valence-corrected chi connectivity index (χ0v) is 9.41. The summed E-state index contributed by atoms with van der Waals surface area (Å²) >= 11 is 0.679. The van der Waals surface area contributed by atoms with Crippen molar-refractivity contribution in [2.24, 2.45) is 0 Å².